The Bertz CT molecular complexity index is 1070. The molecule has 0 spiro atoms. The second-order valence-corrected chi connectivity index (χ2v) is 6.37. The van der Waals surface area contributed by atoms with Crippen LogP contribution >= 0.6 is 0 Å². The van der Waals surface area contributed by atoms with Gasteiger partial charge in [-0.25, -0.2) is 0 Å². The maximum atomic E-state index is 9.95. The summed E-state index contributed by atoms with van der Waals surface area (Å²) in [5.74, 6) is -4.42. The number of phenolic OH excluding ortho intramolecular Hbond substituents is 5. The van der Waals surface area contributed by atoms with Crippen molar-refractivity contribution >= 4 is 23.5 Å². The molecular weight excluding hydrogens is 370 g/mol. The molecule has 6 nitrogen and oxygen atoms in total. The molecule has 0 bridgehead atoms. The molecule has 0 saturated carbocycles. The van der Waals surface area contributed by atoms with E-state index in [4.69, 9.17) is 0 Å². The first-order valence-corrected chi connectivity index (χ1v) is 8.82. The Labute approximate surface area is 168 Å². The lowest BCUT2D eigenvalue weighted by Gasteiger charge is -2.14. The van der Waals surface area contributed by atoms with Crippen LogP contribution in [0.15, 0.2) is 55.1 Å². The van der Waals surface area contributed by atoms with E-state index >= 15 is 0 Å². The summed E-state index contributed by atoms with van der Waals surface area (Å²) in [6, 6.07) is 13.1. The first kappa shape index (κ1) is 19.7. The van der Waals surface area contributed by atoms with Gasteiger partial charge in [-0.05, 0) is 47.4 Å². The van der Waals surface area contributed by atoms with Gasteiger partial charge >= 0.3 is 0 Å². The molecule has 6 N–H and O–H groups in total. The molecule has 0 amide bonds. The van der Waals surface area contributed by atoms with E-state index in [9.17, 15) is 25.5 Å². The highest BCUT2D eigenvalue weighted by atomic mass is 16.4. The molecule has 6 heteroatoms. The molecule has 0 aliphatic heterocycles. The van der Waals surface area contributed by atoms with Crippen LogP contribution in [-0.4, -0.2) is 25.5 Å². The molecule has 0 radical (unpaired) electrons. The van der Waals surface area contributed by atoms with Gasteiger partial charge in [0.15, 0.2) is 11.5 Å². The second-order valence-electron chi connectivity index (χ2n) is 6.37. The minimum absolute atomic E-state index is 0.323. The predicted molar refractivity (Wildman–Crippen MR) is 115 cm³/mol. The van der Waals surface area contributed by atoms with Gasteiger partial charge in [-0.1, -0.05) is 49.1 Å². The fourth-order valence-electron chi connectivity index (χ4n) is 2.96. The van der Waals surface area contributed by atoms with Gasteiger partial charge in [-0.2, -0.15) is 0 Å². The standard InChI is InChI=1S/C23H21NO5/c1-3-5-15-12-16(7-6-13(15)4-2)14-8-10-17(11-9-14)24-18-19(25)21(27)23(29)22(28)20(18)26/h3-12,24-29H,2H2,1H3/b5-3-. The second kappa shape index (κ2) is 7.90. The number of allylic oxidation sites excluding steroid dienone is 1. The topological polar surface area (TPSA) is 113 Å². The van der Waals surface area contributed by atoms with E-state index in [0.29, 0.717) is 5.69 Å². The number of hydrogen-bond acceptors (Lipinski definition) is 6. The van der Waals surface area contributed by atoms with Crippen LogP contribution in [0.2, 0.25) is 0 Å². The van der Waals surface area contributed by atoms with Crippen molar-refractivity contribution in [1.82, 2.24) is 0 Å². The Morgan fingerprint density at radius 2 is 1.28 bits per heavy atom. The van der Waals surface area contributed by atoms with Crippen LogP contribution < -0.4 is 5.32 Å². The van der Waals surface area contributed by atoms with Crippen molar-refractivity contribution in [1.29, 1.82) is 0 Å². The third-order valence-electron chi connectivity index (χ3n) is 4.51. The highest BCUT2D eigenvalue weighted by Gasteiger charge is 2.23. The minimum atomic E-state index is -0.999. The Hall–Kier alpha value is -4.06. The number of phenols is 5. The lowest BCUT2D eigenvalue weighted by atomic mass is 9.98. The lowest BCUT2D eigenvalue weighted by molar-refractivity contribution is 0.330. The third-order valence-corrected chi connectivity index (χ3v) is 4.51. The van der Waals surface area contributed by atoms with Crippen molar-refractivity contribution in [2.24, 2.45) is 0 Å². The van der Waals surface area contributed by atoms with E-state index in [1.165, 1.54) is 0 Å². The van der Waals surface area contributed by atoms with E-state index < -0.39 is 28.7 Å². The number of rotatable bonds is 5. The van der Waals surface area contributed by atoms with Crippen LogP contribution in [0.25, 0.3) is 23.3 Å². The van der Waals surface area contributed by atoms with Crippen molar-refractivity contribution in [3.63, 3.8) is 0 Å². The summed E-state index contributed by atoms with van der Waals surface area (Å²) in [6.45, 7) is 5.77. The molecule has 0 unspecified atom stereocenters. The van der Waals surface area contributed by atoms with E-state index in [1.807, 2.05) is 49.4 Å². The zero-order chi connectivity index (χ0) is 21.1. The molecule has 0 fully saturated rings. The fraction of sp³-hybridized carbons (Fsp3) is 0.0435. The molecule has 3 aromatic carbocycles. The predicted octanol–water partition coefficient (Wildman–Crippen LogP) is 5.30. The Kier molecular flexibility index (Phi) is 5.36. The normalized spacial score (nSPS) is 10.9. The van der Waals surface area contributed by atoms with Gasteiger partial charge in [0.1, 0.15) is 5.69 Å². The van der Waals surface area contributed by atoms with Crippen LogP contribution in [0.5, 0.6) is 28.7 Å². The van der Waals surface area contributed by atoms with Crippen LogP contribution in [0.3, 0.4) is 0 Å². The average Bonchev–Trinajstić information content (AvgIpc) is 2.74. The summed E-state index contributed by atoms with van der Waals surface area (Å²) in [7, 11) is 0. The first-order chi connectivity index (χ1) is 13.9. The van der Waals surface area contributed by atoms with Crippen molar-refractivity contribution in [2.45, 2.75) is 6.92 Å². The first-order valence-electron chi connectivity index (χ1n) is 8.82. The zero-order valence-electron chi connectivity index (χ0n) is 15.7. The van der Waals surface area contributed by atoms with Gasteiger partial charge in [-0.3, -0.25) is 0 Å². The molecule has 3 rings (SSSR count). The van der Waals surface area contributed by atoms with Crippen LogP contribution in [0, 0.1) is 0 Å². The summed E-state index contributed by atoms with van der Waals surface area (Å²) in [4.78, 5) is 0. The number of hydrogen-bond donors (Lipinski definition) is 6. The minimum Gasteiger partial charge on any atom is -0.503 e. The van der Waals surface area contributed by atoms with Gasteiger partial charge in [0.05, 0.1) is 0 Å². The smallest absolute Gasteiger partial charge is 0.208 e. The molecule has 0 aliphatic carbocycles. The molecule has 0 aromatic heterocycles. The van der Waals surface area contributed by atoms with E-state index in [0.717, 1.165) is 22.3 Å². The summed E-state index contributed by atoms with van der Waals surface area (Å²) >= 11 is 0. The summed E-state index contributed by atoms with van der Waals surface area (Å²) < 4.78 is 0. The Balaban J connectivity index is 1.93. The van der Waals surface area contributed by atoms with E-state index in [-0.39, 0.29) is 5.69 Å². The Morgan fingerprint density at radius 3 is 1.83 bits per heavy atom. The summed E-state index contributed by atoms with van der Waals surface area (Å²) in [5, 5.41) is 51.4. The Morgan fingerprint density at radius 1 is 0.724 bits per heavy atom. The average molecular weight is 391 g/mol. The summed E-state index contributed by atoms with van der Waals surface area (Å²) in [6.07, 6.45) is 5.76. The number of anilines is 2. The van der Waals surface area contributed by atoms with Gasteiger partial charge in [-0.15, -0.1) is 0 Å². The molecule has 0 saturated heterocycles. The largest absolute Gasteiger partial charge is 0.503 e. The lowest BCUT2D eigenvalue weighted by Crippen LogP contribution is -1.93. The maximum absolute atomic E-state index is 9.95. The fourth-order valence-corrected chi connectivity index (χ4v) is 2.96. The van der Waals surface area contributed by atoms with Gasteiger partial charge in [0.25, 0.3) is 0 Å². The van der Waals surface area contributed by atoms with Crippen molar-refractivity contribution in [3.8, 4) is 39.9 Å². The summed E-state index contributed by atoms with van der Waals surface area (Å²) in [5.41, 5.74) is 4.19. The molecular formula is C23H21NO5. The van der Waals surface area contributed by atoms with Gasteiger partial charge < -0.3 is 30.8 Å². The number of benzene rings is 3. The highest BCUT2D eigenvalue weighted by molar-refractivity contribution is 5.83. The quantitative estimate of drug-likeness (QED) is 0.260. The van der Waals surface area contributed by atoms with Gasteiger partial charge in [0, 0.05) is 5.69 Å². The molecule has 0 heterocycles. The van der Waals surface area contributed by atoms with Gasteiger partial charge in [0.2, 0.25) is 17.2 Å². The molecule has 29 heavy (non-hydrogen) atoms. The third kappa shape index (κ3) is 3.68. The van der Waals surface area contributed by atoms with Crippen LogP contribution in [0.4, 0.5) is 11.4 Å². The number of aromatic hydroxyl groups is 5. The maximum Gasteiger partial charge on any atom is 0.208 e. The van der Waals surface area contributed by atoms with E-state index in [1.54, 1.807) is 18.2 Å². The monoisotopic (exact) mass is 391 g/mol. The van der Waals surface area contributed by atoms with Crippen LogP contribution in [-0.2, 0) is 0 Å². The molecule has 148 valence electrons. The van der Waals surface area contributed by atoms with Crippen LogP contribution in [0.1, 0.15) is 18.1 Å². The molecule has 0 aliphatic rings. The number of nitrogens with one attached hydrogen (secondary N) is 1. The van der Waals surface area contributed by atoms with Crippen molar-refractivity contribution in [3.05, 3.63) is 66.2 Å². The molecule has 0 atom stereocenters. The highest BCUT2D eigenvalue weighted by Crippen LogP contribution is 2.54. The van der Waals surface area contributed by atoms with Crippen molar-refractivity contribution < 1.29 is 25.5 Å². The van der Waals surface area contributed by atoms with E-state index in [2.05, 4.69) is 11.9 Å². The zero-order valence-corrected chi connectivity index (χ0v) is 15.7. The SMILES string of the molecule is C=Cc1ccc(-c2ccc(Nc3c(O)c(O)c(O)c(O)c3O)cc2)cc1/C=C\C. The molecule has 3 aromatic rings. The van der Waals surface area contributed by atoms with Crippen molar-refractivity contribution in [2.75, 3.05) is 5.32 Å².